The smallest absolute Gasteiger partial charge is 0.337 e. The fourth-order valence-corrected chi connectivity index (χ4v) is 3.86. The summed E-state index contributed by atoms with van der Waals surface area (Å²) >= 11 is 5.97. The minimum atomic E-state index is -0.999. The summed E-state index contributed by atoms with van der Waals surface area (Å²) in [5.74, 6) is -4.63. The summed E-state index contributed by atoms with van der Waals surface area (Å²) in [7, 11) is 0. The van der Waals surface area contributed by atoms with E-state index in [9.17, 15) is 33.6 Å². The standard InChI is InChI=1S/C25H35Br2N5O10/c1-2-3-15-40-32(18-33)42-24(38)9-14-30(13-8-23(37)41-31-12-4-5-22(31)36)25(39)19(16-28-20(34)6-10-26)17-29-21(35)7-11-27/h6-7,10-11,18-19H,2-5,8-9,12-17H2,1H3,(H,28,34)(H,29,35)/b10-6+,11-7+. The van der Waals surface area contributed by atoms with E-state index in [2.05, 4.69) is 42.5 Å². The molecule has 1 rings (SSSR count). The minimum Gasteiger partial charge on any atom is -0.352 e. The Hall–Kier alpha value is -3.31. The number of carbonyl (C=O) groups is 7. The van der Waals surface area contributed by atoms with Gasteiger partial charge in [-0.15, -0.1) is 0 Å². The number of amides is 5. The van der Waals surface area contributed by atoms with Crippen molar-refractivity contribution in [3.05, 3.63) is 22.1 Å². The first-order valence-corrected chi connectivity index (χ1v) is 15.0. The van der Waals surface area contributed by atoms with Crippen LogP contribution in [0.1, 0.15) is 45.4 Å². The van der Waals surface area contributed by atoms with Crippen molar-refractivity contribution < 1.29 is 48.1 Å². The Bertz CT molecular complexity index is 982. The molecule has 2 N–H and O–H groups in total. The van der Waals surface area contributed by atoms with Gasteiger partial charge in [-0.1, -0.05) is 45.2 Å². The average molecular weight is 725 g/mol. The van der Waals surface area contributed by atoms with Crippen LogP contribution in [0.2, 0.25) is 0 Å². The maximum Gasteiger partial charge on any atom is 0.337 e. The van der Waals surface area contributed by atoms with Crippen molar-refractivity contribution in [1.82, 2.24) is 25.8 Å². The molecule has 0 atom stereocenters. The van der Waals surface area contributed by atoms with Crippen LogP contribution in [0.15, 0.2) is 22.1 Å². The zero-order valence-electron chi connectivity index (χ0n) is 23.1. The van der Waals surface area contributed by atoms with Crippen LogP contribution in [0.5, 0.6) is 0 Å². The summed E-state index contributed by atoms with van der Waals surface area (Å²) in [5.41, 5.74) is 0. The highest BCUT2D eigenvalue weighted by Crippen LogP contribution is 2.12. The highest BCUT2D eigenvalue weighted by Gasteiger charge is 2.28. The van der Waals surface area contributed by atoms with Crippen molar-refractivity contribution in [3.8, 4) is 0 Å². The van der Waals surface area contributed by atoms with Gasteiger partial charge in [-0.05, 0) is 28.0 Å². The van der Waals surface area contributed by atoms with Crippen LogP contribution in [-0.2, 0) is 48.1 Å². The van der Waals surface area contributed by atoms with Gasteiger partial charge in [-0.2, -0.15) is 5.06 Å². The third-order valence-corrected chi connectivity index (χ3v) is 6.07. The lowest BCUT2D eigenvalue weighted by atomic mass is 10.1. The molecule has 0 aromatic rings. The number of hydrogen-bond donors (Lipinski definition) is 2. The molecular weight excluding hydrogens is 690 g/mol. The van der Waals surface area contributed by atoms with Crippen LogP contribution in [-0.4, -0.2) is 96.5 Å². The Morgan fingerprint density at radius 1 is 1.00 bits per heavy atom. The van der Waals surface area contributed by atoms with Crippen molar-refractivity contribution in [2.24, 2.45) is 5.92 Å². The quantitative estimate of drug-likeness (QED) is 0.0796. The van der Waals surface area contributed by atoms with E-state index in [4.69, 9.17) is 14.5 Å². The van der Waals surface area contributed by atoms with E-state index in [0.717, 1.165) is 11.5 Å². The zero-order valence-corrected chi connectivity index (χ0v) is 26.3. The van der Waals surface area contributed by atoms with Gasteiger partial charge in [0, 0.05) is 44.8 Å². The molecule has 5 amide bonds. The van der Waals surface area contributed by atoms with Gasteiger partial charge in [0.05, 0.1) is 31.9 Å². The highest BCUT2D eigenvalue weighted by atomic mass is 79.9. The number of carbonyl (C=O) groups excluding carboxylic acids is 7. The van der Waals surface area contributed by atoms with Crippen LogP contribution < -0.4 is 10.6 Å². The van der Waals surface area contributed by atoms with Gasteiger partial charge >= 0.3 is 11.9 Å². The normalized spacial score (nSPS) is 13.0. The van der Waals surface area contributed by atoms with Gasteiger partial charge in [0.2, 0.25) is 17.7 Å². The van der Waals surface area contributed by atoms with Crippen molar-refractivity contribution in [2.75, 3.05) is 39.3 Å². The van der Waals surface area contributed by atoms with Crippen LogP contribution in [0.3, 0.4) is 0 Å². The number of nitrogens with one attached hydrogen (secondary N) is 2. The summed E-state index contributed by atoms with van der Waals surface area (Å²) in [6, 6.07) is 0. The van der Waals surface area contributed by atoms with Gasteiger partial charge in [0.15, 0.2) is 0 Å². The number of rotatable bonds is 20. The van der Waals surface area contributed by atoms with Crippen molar-refractivity contribution in [1.29, 1.82) is 0 Å². The fourth-order valence-electron chi connectivity index (χ4n) is 3.38. The van der Waals surface area contributed by atoms with E-state index in [0.29, 0.717) is 18.1 Å². The van der Waals surface area contributed by atoms with Gasteiger partial charge in [0.1, 0.15) is 0 Å². The molecule has 0 spiro atoms. The molecule has 1 aliphatic heterocycles. The van der Waals surface area contributed by atoms with E-state index in [1.165, 1.54) is 27.0 Å². The van der Waals surface area contributed by atoms with E-state index < -0.39 is 42.0 Å². The molecule has 42 heavy (non-hydrogen) atoms. The first-order valence-electron chi connectivity index (χ1n) is 13.1. The Labute approximate surface area is 260 Å². The largest absolute Gasteiger partial charge is 0.352 e. The van der Waals surface area contributed by atoms with E-state index in [-0.39, 0.29) is 64.5 Å². The second kappa shape index (κ2) is 21.4. The molecular formula is C25H35Br2N5O10. The molecule has 1 fully saturated rings. The first-order chi connectivity index (χ1) is 20.1. The zero-order chi connectivity index (χ0) is 31.3. The van der Waals surface area contributed by atoms with E-state index in [1.807, 2.05) is 6.92 Å². The van der Waals surface area contributed by atoms with Crippen molar-refractivity contribution >= 4 is 73.8 Å². The molecule has 234 valence electrons. The number of nitrogens with zero attached hydrogens (tertiary/aromatic N) is 3. The highest BCUT2D eigenvalue weighted by molar-refractivity contribution is 9.11. The van der Waals surface area contributed by atoms with Gasteiger partial charge in [-0.25, -0.2) is 14.4 Å². The third-order valence-electron chi connectivity index (χ3n) is 5.54. The summed E-state index contributed by atoms with van der Waals surface area (Å²) in [4.78, 5) is 104. The molecule has 1 heterocycles. The SMILES string of the molecule is CCCCON(C=O)OC(=O)CCN(CCC(=O)ON1CCCC1=O)C(=O)C(CNC(=O)/C=C/Br)CNC(=O)/C=C/Br. The summed E-state index contributed by atoms with van der Waals surface area (Å²) < 4.78 is 0. The van der Waals surface area contributed by atoms with Crippen molar-refractivity contribution in [3.63, 3.8) is 0 Å². The average Bonchev–Trinajstić information content (AvgIpc) is 3.36. The van der Waals surface area contributed by atoms with Crippen molar-refractivity contribution in [2.45, 2.75) is 45.4 Å². The summed E-state index contributed by atoms with van der Waals surface area (Å²) in [5, 5.41) is 6.44. The van der Waals surface area contributed by atoms with Crippen LogP contribution >= 0.6 is 31.9 Å². The molecule has 0 saturated carbocycles. The van der Waals surface area contributed by atoms with Gasteiger partial charge in [-0.3, -0.25) is 24.0 Å². The summed E-state index contributed by atoms with van der Waals surface area (Å²) in [6.45, 7) is 1.46. The molecule has 15 nitrogen and oxygen atoms in total. The second-order valence-electron chi connectivity index (χ2n) is 8.70. The molecule has 0 radical (unpaired) electrons. The van der Waals surface area contributed by atoms with Crippen LogP contribution in [0.4, 0.5) is 0 Å². The third kappa shape index (κ3) is 15.1. The maximum atomic E-state index is 13.6. The topological polar surface area (TPSA) is 181 Å². The van der Waals surface area contributed by atoms with E-state index in [1.54, 1.807) is 0 Å². The summed E-state index contributed by atoms with van der Waals surface area (Å²) in [6.07, 6.45) is 4.03. The molecule has 1 aliphatic rings. The monoisotopic (exact) mass is 723 g/mol. The fraction of sp³-hybridized carbons (Fsp3) is 0.560. The van der Waals surface area contributed by atoms with Gasteiger partial charge < -0.3 is 25.2 Å². The maximum absolute atomic E-state index is 13.6. The van der Waals surface area contributed by atoms with E-state index >= 15 is 0 Å². The number of halogens is 2. The Morgan fingerprint density at radius 3 is 2.10 bits per heavy atom. The molecule has 17 heteroatoms. The Kier molecular flexibility index (Phi) is 18.7. The minimum absolute atomic E-state index is 0.141. The molecule has 0 unspecified atom stereocenters. The lowest BCUT2D eigenvalue weighted by Gasteiger charge is -2.27. The molecule has 0 aliphatic carbocycles. The first kappa shape index (κ1) is 36.7. The predicted molar refractivity (Wildman–Crippen MR) is 153 cm³/mol. The molecule has 0 aromatic heterocycles. The molecule has 1 saturated heterocycles. The number of hydrogen-bond acceptors (Lipinski definition) is 10. The van der Waals surface area contributed by atoms with Crippen LogP contribution in [0.25, 0.3) is 0 Å². The second-order valence-corrected chi connectivity index (χ2v) is 9.76. The number of hydroxylamine groups is 4. The molecule has 0 aromatic carbocycles. The van der Waals surface area contributed by atoms with Crippen LogP contribution in [0, 0.1) is 5.92 Å². The molecule has 0 bridgehead atoms. The lowest BCUT2D eigenvalue weighted by molar-refractivity contribution is -0.315. The predicted octanol–water partition coefficient (Wildman–Crippen LogP) is 0.990. The Morgan fingerprint density at radius 2 is 1.60 bits per heavy atom. The Balaban J connectivity index is 3.00. The van der Waals surface area contributed by atoms with Gasteiger partial charge in [0.25, 0.3) is 12.3 Å². The number of unbranched alkanes of at least 4 members (excludes halogenated alkanes) is 1. The lowest BCUT2D eigenvalue weighted by Crippen LogP contribution is -2.47.